The minimum Gasteiger partial charge on any atom is -0.457 e. The number of hydrogen-bond donors (Lipinski definition) is 0. The molecule has 7 heteroatoms. The first kappa shape index (κ1) is 58.5. The number of benzene rings is 11. The quantitative estimate of drug-likeness (QED) is 0.142. The van der Waals surface area contributed by atoms with E-state index in [1.165, 1.54) is 22.3 Å². The van der Waals surface area contributed by atoms with Crippen molar-refractivity contribution >= 4 is 32.8 Å². The van der Waals surface area contributed by atoms with Crippen LogP contribution in [-0.2, 0) is 46.4 Å². The summed E-state index contributed by atoms with van der Waals surface area (Å²) >= 11 is 2.52. The molecule has 482 valence electrons. The maximum atomic E-state index is 9.16. The zero-order chi connectivity index (χ0) is 69.7. The van der Waals surface area contributed by atoms with Gasteiger partial charge in [0.25, 0.3) is 0 Å². The normalized spacial score (nSPS) is 14.0. The van der Waals surface area contributed by atoms with Crippen LogP contribution < -0.4 is 9.47 Å². The van der Waals surface area contributed by atoms with Gasteiger partial charge in [0.15, 0.2) is 0 Å². The van der Waals surface area contributed by atoms with Crippen LogP contribution in [0.1, 0.15) is 137 Å². The van der Waals surface area contributed by atoms with E-state index < -0.39 is 12.3 Å². The second-order valence-electron chi connectivity index (χ2n) is 30.4. The molecule has 1 aliphatic carbocycles. The molecule has 0 radical (unpaired) electrons. The van der Waals surface area contributed by atoms with E-state index >= 15 is 0 Å². The second-order valence-corrected chi connectivity index (χ2v) is 31.4. The van der Waals surface area contributed by atoms with Crippen LogP contribution in [0.4, 0.5) is 0 Å². The molecule has 0 saturated heterocycles. The van der Waals surface area contributed by atoms with Gasteiger partial charge in [-0.1, -0.05) is 106 Å². The summed E-state index contributed by atoms with van der Waals surface area (Å²) in [5, 5.41) is 1.85. The average Bonchev–Trinajstić information content (AvgIpc) is 1.50. The third-order valence-electron chi connectivity index (χ3n) is 20.0. The molecule has 14 aromatic rings. The van der Waals surface area contributed by atoms with E-state index in [1.807, 2.05) is 42.5 Å². The van der Waals surface area contributed by atoms with E-state index in [-0.39, 0.29) is 27.2 Å². The van der Waals surface area contributed by atoms with Gasteiger partial charge in [-0.15, -0.1) is 0 Å². The van der Waals surface area contributed by atoms with Crippen LogP contribution in [0.2, 0.25) is 0 Å². The molecule has 0 bridgehead atoms. The van der Waals surface area contributed by atoms with Crippen LogP contribution in [0.3, 0.4) is 0 Å². The molecular formula is C90H78N4O2Pt-2. The van der Waals surface area contributed by atoms with Crippen molar-refractivity contribution in [2.24, 2.45) is 0 Å². The number of pyridine rings is 1. The molecule has 1 aliphatic heterocycles. The second kappa shape index (κ2) is 22.6. The van der Waals surface area contributed by atoms with E-state index in [4.69, 9.17) is 18.6 Å². The van der Waals surface area contributed by atoms with Gasteiger partial charge in [-0.3, -0.25) is 0 Å². The number of hydrogen-bond acceptors (Lipinski definition) is 3. The Labute approximate surface area is 585 Å². The van der Waals surface area contributed by atoms with Gasteiger partial charge in [-0.25, -0.2) is 0 Å². The molecule has 0 N–H and O–H groups in total. The fourth-order valence-corrected chi connectivity index (χ4v) is 15.9. The van der Waals surface area contributed by atoms with Gasteiger partial charge in [0.2, 0.25) is 0 Å². The molecule has 3 aromatic heterocycles. The van der Waals surface area contributed by atoms with E-state index in [2.05, 4.69) is 310 Å². The van der Waals surface area contributed by atoms with Crippen molar-refractivity contribution in [1.82, 2.24) is 18.7 Å². The van der Waals surface area contributed by atoms with Crippen molar-refractivity contribution in [1.29, 1.82) is 0 Å². The number of aryl methyl sites for hydroxylation is 1. The van der Waals surface area contributed by atoms with Crippen LogP contribution in [0, 0.1) is 22.8 Å². The maximum absolute atomic E-state index is 9.16. The van der Waals surface area contributed by atoms with E-state index in [0.717, 1.165) is 115 Å². The number of nitrogens with zero attached hydrogens (tertiary/aromatic N) is 4. The monoisotopic (exact) mass is 1440 g/mol. The van der Waals surface area contributed by atoms with Crippen LogP contribution >= 0.6 is 0 Å². The van der Waals surface area contributed by atoms with Gasteiger partial charge in [-0.05, 0) is 63.3 Å². The molecule has 0 atom stereocenters. The van der Waals surface area contributed by atoms with Crippen molar-refractivity contribution in [2.45, 2.75) is 117 Å². The van der Waals surface area contributed by atoms with Crippen molar-refractivity contribution in [3.8, 4) is 84.7 Å². The van der Waals surface area contributed by atoms with Gasteiger partial charge in [0.05, 0.1) is 5.41 Å². The van der Waals surface area contributed by atoms with Gasteiger partial charge in [0.1, 0.15) is 11.5 Å². The average molecular weight is 1450 g/mol. The number of para-hydroxylation sites is 4. The number of aromatic nitrogens is 4. The first-order valence-electron chi connectivity index (χ1n) is 35.1. The smallest absolute Gasteiger partial charge is 0.457 e. The third-order valence-corrected chi connectivity index (χ3v) is 21.0. The summed E-state index contributed by atoms with van der Waals surface area (Å²) in [5.74, 6) is 2.96. The molecule has 4 heterocycles. The standard InChI is InChI=1S/C90H78N4O2.Pt/c1-56-44-84(91-54-73(56)58-38-40-60(41-39-58)86(2,3)4)94-80-51-66(42-43-68(80)72-52-71-67-30-17-18-31-74(67)90(77(71)53-81(72)94)75-32-19-23-36-82(75)96-83-37-24-20-33-76(83)90)95-65-29-25-28-64(50-65)92-55-93(79-35-22-21-34-78(79)92)85-69(57-26-15-14-16-27-57)48-63(89(11,12)13)49-70(85)59-45-61(87(5,6)7)47-62(46-59)88(8,9)10;/h14-49,52-54H,1-13H3;/q-2;/i1D3;. The SMILES string of the molecule is [2H]C([2H])([2H])c1cc(-n2c3[c-]c(Oc4[c-]c(-n5[c](=[Pt])n(-c6c(-c7ccccc7)cc(C(C)(C)C)cc6-c6cc(C(C)(C)C)cc(C(C)(C)C)c6)c6ccccc65)ccc4)ccc3c3cc4c(cc32)C2(c3ccccc3Oc3ccccc32)c2ccccc2-4)ncc1-c1ccc(C(C)(C)C)cc1. The fourth-order valence-electron chi connectivity index (χ4n) is 14.8. The zero-order valence-electron chi connectivity index (χ0n) is 59.9. The molecule has 11 aromatic carbocycles. The minimum absolute atomic E-state index is 0.0889. The molecule has 0 fully saturated rings. The predicted octanol–water partition coefficient (Wildman–Crippen LogP) is 23.4. The number of fused-ring (bicyclic) bond motifs is 13. The summed E-state index contributed by atoms with van der Waals surface area (Å²) < 4.78 is 49.1. The minimum atomic E-state index is -2.50. The summed E-state index contributed by atoms with van der Waals surface area (Å²) in [4.78, 5) is 5.28. The number of imidazole rings is 1. The Morgan fingerprint density at radius 2 is 0.990 bits per heavy atom. The van der Waals surface area contributed by atoms with Gasteiger partial charge >= 0.3 is 371 Å². The molecule has 0 saturated carbocycles. The molecule has 16 rings (SSSR count). The molecule has 6 nitrogen and oxygen atoms in total. The van der Waals surface area contributed by atoms with Crippen LogP contribution in [0.15, 0.2) is 237 Å². The Morgan fingerprint density at radius 3 is 1.64 bits per heavy atom. The zero-order valence-corrected chi connectivity index (χ0v) is 59.2. The van der Waals surface area contributed by atoms with E-state index in [9.17, 15) is 0 Å². The molecule has 2 aliphatic rings. The van der Waals surface area contributed by atoms with Crippen molar-refractivity contribution in [3.63, 3.8) is 0 Å². The summed E-state index contributed by atoms with van der Waals surface area (Å²) in [6, 6.07) is 89.3. The predicted molar refractivity (Wildman–Crippen MR) is 395 cm³/mol. The fraction of sp³-hybridized carbons (Fsp3) is 0.200. The summed E-state index contributed by atoms with van der Waals surface area (Å²) in [7, 11) is 0. The van der Waals surface area contributed by atoms with Crippen LogP contribution in [-0.4, -0.2) is 18.7 Å². The molecule has 97 heavy (non-hydrogen) atoms. The molecule has 0 unspecified atom stereocenters. The van der Waals surface area contributed by atoms with Crippen molar-refractivity contribution in [3.05, 3.63) is 303 Å². The van der Waals surface area contributed by atoms with Gasteiger partial charge in [-0.2, -0.15) is 0 Å². The molecular weight excluding hydrogens is 1360 g/mol. The van der Waals surface area contributed by atoms with Crippen molar-refractivity contribution < 1.29 is 32.9 Å². The Morgan fingerprint density at radius 1 is 0.423 bits per heavy atom. The van der Waals surface area contributed by atoms with Crippen LogP contribution in [0.5, 0.6) is 23.0 Å². The van der Waals surface area contributed by atoms with Gasteiger partial charge < -0.3 is 4.74 Å². The first-order valence-corrected chi connectivity index (χ1v) is 34.7. The topological polar surface area (TPSA) is 46.1 Å². The summed E-state index contributed by atoms with van der Waals surface area (Å²) in [6.07, 6.45) is 1.73. The Bertz CT molecular complexity index is 5650. The number of ether oxygens (including phenoxy) is 2. The Balaban J connectivity index is 0.891. The van der Waals surface area contributed by atoms with Gasteiger partial charge in [0, 0.05) is 27.0 Å². The third kappa shape index (κ3) is 10.2. The van der Waals surface area contributed by atoms with Crippen molar-refractivity contribution in [2.75, 3.05) is 0 Å². The first-order chi connectivity index (χ1) is 47.6. The number of rotatable bonds is 8. The van der Waals surface area contributed by atoms with Crippen LogP contribution in [0.25, 0.3) is 94.5 Å². The Kier molecular flexibility index (Phi) is 13.6. The molecule has 0 amide bonds. The summed E-state index contributed by atoms with van der Waals surface area (Å²) in [5.41, 5.74) is 21.8. The summed E-state index contributed by atoms with van der Waals surface area (Å²) in [6.45, 7) is 24.8. The van der Waals surface area contributed by atoms with E-state index in [0.29, 0.717) is 28.4 Å². The Hall–Kier alpha value is -9.87. The molecule has 1 spiro atoms. The van der Waals surface area contributed by atoms with E-state index in [1.54, 1.807) is 12.3 Å².